The van der Waals surface area contributed by atoms with E-state index in [9.17, 15) is 0 Å². The summed E-state index contributed by atoms with van der Waals surface area (Å²) in [6, 6.07) is 0.586. The molecular formula is C20H29N4OS+. The van der Waals surface area contributed by atoms with Crippen molar-refractivity contribution in [1.82, 2.24) is 9.97 Å². The first-order valence-corrected chi connectivity index (χ1v) is 11.1. The maximum absolute atomic E-state index is 5.51. The molecule has 0 aromatic carbocycles. The molecule has 0 bridgehead atoms. The Balaban J connectivity index is 1.57. The van der Waals surface area contributed by atoms with Crippen LogP contribution in [0.25, 0.3) is 10.2 Å². The molecule has 6 heteroatoms. The molecule has 0 amide bonds. The van der Waals surface area contributed by atoms with E-state index >= 15 is 0 Å². The van der Waals surface area contributed by atoms with Gasteiger partial charge in [0.05, 0.1) is 18.6 Å². The van der Waals surface area contributed by atoms with Gasteiger partial charge in [0, 0.05) is 17.5 Å². The van der Waals surface area contributed by atoms with Gasteiger partial charge in [-0.1, -0.05) is 0 Å². The number of aryl methyl sites for hydroxylation is 2. The zero-order chi connectivity index (χ0) is 17.5. The summed E-state index contributed by atoms with van der Waals surface area (Å²) < 4.78 is 5.51. The van der Waals surface area contributed by atoms with Gasteiger partial charge in [-0.15, -0.1) is 11.3 Å². The van der Waals surface area contributed by atoms with Crippen molar-refractivity contribution in [3.05, 3.63) is 16.3 Å². The smallest absolute Gasteiger partial charge is 0.187 e. The van der Waals surface area contributed by atoms with Crippen LogP contribution in [0.2, 0.25) is 0 Å². The minimum atomic E-state index is 0.586. The van der Waals surface area contributed by atoms with Gasteiger partial charge in [0.1, 0.15) is 30.3 Å². The molecule has 2 aromatic rings. The molecule has 1 N–H and O–H groups in total. The van der Waals surface area contributed by atoms with E-state index in [4.69, 9.17) is 14.7 Å². The van der Waals surface area contributed by atoms with E-state index in [1.165, 1.54) is 54.6 Å². The molecule has 0 spiro atoms. The standard InChI is InChI=1S/C20H28N4OS/c1-14-5-2-3-8-24(14)19-18-15-6-4-7-16(15)26-20(18)22-17(21-19)13-23-9-11-25-12-10-23/h14H,2-13H2,1H3/p+1/t14-/m1/s1. The molecule has 0 radical (unpaired) electrons. The number of piperidine rings is 1. The molecule has 26 heavy (non-hydrogen) atoms. The van der Waals surface area contributed by atoms with Crippen molar-refractivity contribution in [3.63, 3.8) is 0 Å². The highest BCUT2D eigenvalue weighted by atomic mass is 32.1. The molecule has 2 aliphatic heterocycles. The zero-order valence-corrected chi connectivity index (χ0v) is 16.5. The number of aromatic nitrogens is 2. The van der Waals surface area contributed by atoms with Crippen molar-refractivity contribution in [2.45, 2.75) is 58.0 Å². The lowest BCUT2D eigenvalue weighted by Crippen LogP contribution is -3.12. The highest BCUT2D eigenvalue weighted by molar-refractivity contribution is 7.19. The van der Waals surface area contributed by atoms with Crippen LogP contribution in [0, 0.1) is 0 Å². The van der Waals surface area contributed by atoms with Gasteiger partial charge in [-0.3, -0.25) is 0 Å². The Morgan fingerprint density at radius 1 is 1.15 bits per heavy atom. The topological polar surface area (TPSA) is 42.7 Å². The summed E-state index contributed by atoms with van der Waals surface area (Å²) >= 11 is 1.93. The van der Waals surface area contributed by atoms with Crippen LogP contribution < -0.4 is 9.80 Å². The summed E-state index contributed by atoms with van der Waals surface area (Å²) in [5.74, 6) is 2.27. The number of quaternary nitrogens is 1. The van der Waals surface area contributed by atoms with Gasteiger partial charge >= 0.3 is 0 Å². The summed E-state index contributed by atoms with van der Waals surface area (Å²) in [6.45, 7) is 8.29. The lowest BCUT2D eigenvalue weighted by molar-refractivity contribution is -0.922. The summed E-state index contributed by atoms with van der Waals surface area (Å²) in [5.41, 5.74) is 1.56. The van der Waals surface area contributed by atoms with E-state index in [0.717, 1.165) is 45.2 Å². The number of nitrogens with one attached hydrogen (secondary N) is 1. The van der Waals surface area contributed by atoms with Crippen LogP contribution in [0.3, 0.4) is 0 Å². The molecule has 5 rings (SSSR count). The Morgan fingerprint density at radius 3 is 2.88 bits per heavy atom. The lowest BCUT2D eigenvalue weighted by Gasteiger charge is -2.35. The van der Waals surface area contributed by atoms with Gasteiger partial charge in [0.2, 0.25) is 0 Å². The first kappa shape index (κ1) is 16.9. The van der Waals surface area contributed by atoms with Gasteiger partial charge in [0.15, 0.2) is 5.82 Å². The van der Waals surface area contributed by atoms with Crippen molar-refractivity contribution in [2.75, 3.05) is 37.7 Å². The molecule has 4 heterocycles. The molecule has 2 aromatic heterocycles. The Labute approximate surface area is 159 Å². The average molecular weight is 374 g/mol. The van der Waals surface area contributed by atoms with Gasteiger partial charge in [0.25, 0.3) is 0 Å². The van der Waals surface area contributed by atoms with Gasteiger partial charge in [-0.2, -0.15) is 0 Å². The summed E-state index contributed by atoms with van der Waals surface area (Å²) in [4.78, 5) is 17.1. The number of ether oxygens (including phenoxy) is 1. The molecule has 3 aliphatic rings. The number of thiophene rings is 1. The number of rotatable bonds is 3. The molecule has 1 atom stereocenters. The third-order valence-corrected chi connectivity index (χ3v) is 7.46. The first-order valence-electron chi connectivity index (χ1n) is 10.3. The van der Waals surface area contributed by atoms with Crippen LogP contribution in [0.1, 0.15) is 48.9 Å². The number of hydrogen-bond acceptors (Lipinski definition) is 5. The molecule has 2 fully saturated rings. The molecule has 140 valence electrons. The maximum Gasteiger partial charge on any atom is 0.187 e. The van der Waals surface area contributed by atoms with Gasteiger partial charge < -0.3 is 14.5 Å². The number of nitrogens with zero attached hydrogens (tertiary/aromatic N) is 3. The predicted molar refractivity (Wildman–Crippen MR) is 105 cm³/mol. The van der Waals surface area contributed by atoms with E-state index in [1.807, 2.05) is 11.3 Å². The van der Waals surface area contributed by atoms with Crippen molar-refractivity contribution < 1.29 is 9.64 Å². The Bertz CT molecular complexity index is 799. The zero-order valence-electron chi connectivity index (χ0n) is 15.7. The molecule has 0 saturated carbocycles. The predicted octanol–water partition coefficient (Wildman–Crippen LogP) is 1.97. The molecular weight excluding hydrogens is 344 g/mol. The third kappa shape index (κ3) is 3.02. The second-order valence-electron chi connectivity index (χ2n) is 8.08. The largest absolute Gasteiger partial charge is 0.370 e. The van der Waals surface area contributed by atoms with Crippen LogP contribution in [0.5, 0.6) is 0 Å². The van der Waals surface area contributed by atoms with Crippen molar-refractivity contribution in [2.24, 2.45) is 0 Å². The van der Waals surface area contributed by atoms with Crippen molar-refractivity contribution in [1.29, 1.82) is 0 Å². The van der Waals surface area contributed by atoms with Crippen LogP contribution >= 0.6 is 11.3 Å². The maximum atomic E-state index is 5.51. The van der Waals surface area contributed by atoms with E-state index in [1.54, 1.807) is 15.3 Å². The van der Waals surface area contributed by atoms with E-state index in [-0.39, 0.29) is 0 Å². The molecule has 5 nitrogen and oxygen atoms in total. The Kier molecular flexibility index (Phi) is 4.59. The Hall–Kier alpha value is -1.24. The SMILES string of the molecule is C[C@@H]1CCCCN1c1nc(C[NH+]2CCOCC2)nc2sc3c(c12)CCC3. The minimum Gasteiger partial charge on any atom is -0.370 e. The molecule has 1 aliphatic carbocycles. The quantitative estimate of drug-likeness (QED) is 0.893. The number of morpholine rings is 1. The fourth-order valence-electron chi connectivity index (χ4n) is 4.78. The fraction of sp³-hybridized carbons (Fsp3) is 0.700. The number of anilines is 1. The lowest BCUT2D eigenvalue weighted by atomic mass is 10.0. The van der Waals surface area contributed by atoms with Crippen LogP contribution in [0.4, 0.5) is 5.82 Å². The van der Waals surface area contributed by atoms with Gasteiger partial charge in [-0.05, 0) is 51.0 Å². The average Bonchev–Trinajstić information content (AvgIpc) is 3.23. The van der Waals surface area contributed by atoms with E-state index in [0.29, 0.717) is 6.04 Å². The van der Waals surface area contributed by atoms with Crippen LogP contribution in [-0.4, -0.2) is 48.9 Å². The minimum absolute atomic E-state index is 0.586. The van der Waals surface area contributed by atoms with Crippen molar-refractivity contribution in [3.8, 4) is 0 Å². The number of hydrogen-bond donors (Lipinski definition) is 1. The molecule has 0 unspecified atom stereocenters. The molecule has 2 saturated heterocycles. The highest BCUT2D eigenvalue weighted by Crippen LogP contribution is 2.41. The summed E-state index contributed by atoms with van der Waals surface area (Å²) in [7, 11) is 0. The number of fused-ring (bicyclic) bond motifs is 3. The second-order valence-corrected chi connectivity index (χ2v) is 9.16. The van der Waals surface area contributed by atoms with Crippen LogP contribution in [-0.2, 0) is 24.1 Å². The fourth-order valence-corrected chi connectivity index (χ4v) is 6.05. The first-order chi connectivity index (χ1) is 12.8. The second kappa shape index (κ2) is 7.06. The van der Waals surface area contributed by atoms with Crippen LogP contribution in [0.15, 0.2) is 0 Å². The summed E-state index contributed by atoms with van der Waals surface area (Å²) in [6.07, 6.45) is 7.65. The van der Waals surface area contributed by atoms with Crippen molar-refractivity contribution >= 4 is 27.4 Å². The third-order valence-electron chi connectivity index (χ3n) is 6.27. The van der Waals surface area contributed by atoms with E-state index in [2.05, 4.69) is 11.8 Å². The van der Waals surface area contributed by atoms with Gasteiger partial charge in [-0.25, -0.2) is 9.97 Å². The normalized spacial score (nSPS) is 24.3. The Morgan fingerprint density at radius 2 is 2.04 bits per heavy atom. The monoisotopic (exact) mass is 373 g/mol. The highest BCUT2D eigenvalue weighted by Gasteiger charge is 2.28. The van der Waals surface area contributed by atoms with E-state index < -0.39 is 0 Å². The summed E-state index contributed by atoms with van der Waals surface area (Å²) in [5, 5.41) is 1.39.